The molecule has 226 valence electrons. The third kappa shape index (κ3) is 6.03. The number of ketones is 2. The molecule has 3 aromatic carbocycles. The van der Waals surface area contributed by atoms with Gasteiger partial charge in [0.05, 0.1) is 35.0 Å². The molecule has 0 radical (unpaired) electrons. The minimum atomic E-state index is -0.713. The van der Waals surface area contributed by atoms with Crippen LogP contribution in [-0.2, 0) is 11.3 Å². The minimum Gasteiger partial charge on any atom is -1.00 e. The molecule has 0 aromatic heterocycles. The van der Waals surface area contributed by atoms with Crippen LogP contribution in [0.2, 0.25) is 0 Å². The Bertz CT molecular complexity index is 1540. The summed E-state index contributed by atoms with van der Waals surface area (Å²) in [6, 6.07) is 17.1. The molecular weight excluding hydrogens is 616 g/mol. The first-order valence-corrected chi connectivity index (χ1v) is 13.6. The van der Waals surface area contributed by atoms with Crippen LogP contribution in [0.3, 0.4) is 0 Å². The highest BCUT2D eigenvalue weighted by Crippen LogP contribution is 2.39. The van der Waals surface area contributed by atoms with E-state index in [1.807, 2.05) is 58.0 Å². The summed E-state index contributed by atoms with van der Waals surface area (Å²) in [5.74, 6) is 2.80. The Morgan fingerprint density at radius 2 is 1.47 bits per heavy atom. The number of carbonyl (C=O) groups is 2. The van der Waals surface area contributed by atoms with E-state index in [2.05, 4.69) is 0 Å². The maximum absolute atomic E-state index is 14.1. The highest BCUT2D eigenvalue weighted by molar-refractivity contribution is 6.20. The SMILES string of the molecule is COCCN1C(/C=C/c2cc(OC)c(OC)c(OC)c2)=[N+](Cc2cccc(OC)c2)C2C(=O)c3ccccc3C(=O)C21.[Br-]. The fraction of sp³-hybridized carbons (Fsp3) is 0.303. The van der Waals surface area contributed by atoms with Gasteiger partial charge in [-0.15, -0.1) is 0 Å². The van der Waals surface area contributed by atoms with Crippen molar-refractivity contribution in [3.8, 4) is 23.0 Å². The number of carbonyl (C=O) groups excluding carboxylic acids is 2. The Hall–Kier alpha value is -4.15. The van der Waals surface area contributed by atoms with Crippen LogP contribution in [0.15, 0.2) is 66.7 Å². The van der Waals surface area contributed by atoms with Crippen molar-refractivity contribution in [2.75, 3.05) is 48.7 Å². The molecule has 5 rings (SSSR count). The van der Waals surface area contributed by atoms with Crippen molar-refractivity contribution in [2.45, 2.75) is 18.6 Å². The molecule has 0 saturated carbocycles. The fourth-order valence-corrected chi connectivity index (χ4v) is 5.74. The van der Waals surface area contributed by atoms with E-state index in [4.69, 9.17) is 23.7 Å². The maximum Gasteiger partial charge on any atom is 0.273 e. The number of methoxy groups -OCH3 is 5. The van der Waals surface area contributed by atoms with Gasteiger partial charge < -0.3 is 40.7 Å². The quantitative estimate of drug-likeness (QED) is 0.286. The van der Waals surface area contributed by atoms with Crippen LogP contribution in [0.5, 0.6) is 23.0 Å². The number of nitrogens with zero attached hydrogens (tertiary/aromatic N) is 2. The molecule has 2 unspecified atom stereocenters. The Kier molecular flexibility index (Phi) is 10.3. The summed E-state index contributed by atoms with van der Waals surface area (Å²) < 4.78 is 29.5. The van der Waals surface area contributed by atoms with E-state index in [1.54, 1.807) is 59.8 Å². The average Bonchev–Trinajstić information content (AvgIpc) is 3.33. The lowest BCUT2D eigenvalue weighted by atomic mass is 9.82. The molecule has 2 atom stereocenters. The molecule has 0 N–H and O–H groups in total. The number of hydrogen-bond donors (Lipinski definition) is 0. The second kappa shape index (κ2) is 13.9. The van der Waals surface area contributed by atoms with Gasteiger partial charge in [-0.2, -0.15) is 0 Å². The topological polar surface area (TPSA) is 86.5 Å². The Balaban J connectivity index is 0.00000423. The molecule has 0 amide bonds. The smallest absolute Gasteiger partial charge is 0.273 e. The zero-order valence-electron chi connectivity index (χ0n) is 24.8. The van der Waals surface area contributed by atoms with Gasteiger partial charge in [-0.25, -0.2) is 9.48 Å². The second-order valence-electron chi connectivity index (χ2n) is 9.98. The van der Waals surface area contributed by atoms with Crippen molar-refractivity contribution in [1.29, 1.82) is 0 Å². The molecule has 2 aliphatic rings. The van der Waals surface area contributed by atoms with Crippen LogP contribution in [-0.4, -0.2) is 87.7 Å². The predicted octanol–water partition coefficient (Wildman–Crippen LogP) is 1.13. The molecule has 0 fully saturated rings. The molecule has 0 spiro atoms. The highest BCUT2D eigenvalue weighted by Gasteiger charge is 2.57. The van der Waals surface area contributed by atoms with Crippen LogP contribution >= 0.6 is 0 Å². The summed E-state index contributed by atoms with van der Waals surface area (Å²) in [7, 11) is 7.94. The van der Waals surface area contributed by atoms with E-state index in [1.165, 1.54) is 0 Å². The lowest BCUT2D eigenvalue weighted by Gasteiger charge is -2.27. The number of halogens is 1. The van der Waals surface area contributed by atoms with Crippen LogP contribution in [0.1, 0.15) is 31.8 Å². The van der Waals surface area contributed by atoms with Gasteiger partial charge in [0.15, 0.2) is 11.5 Å². The van der Waals surface area contributed by atoms with Gasteiger partial charge in [0.2, 0.25) is 29.4 Å². The standard InChI is InChI=1S/C33H35N2O7.BrH/c1-38-16-15-34-28(14-13-21-18-26(40-3)33(42-5)27(19-21)41-4)35(20-22-9-8-10-23(17-22)39-2)30-29(34)31(36)24-11-6-7-12-25(24)32(30)37;/h6-14,17-19,29-30H,15-16,20H2,1-5H3;1H/q+1;/p-1/b14-13+;. The average molecular weight is 652 g/mol. The van der Waals surface area contributed by atoms with Gasteiger partial charge in [0.1, 0.15) is 18.8 Å². The zero-order valence-corrected chi connectivity index (χ0v) is 26.4. The number of hydrogen-bond acceptors (Lipinski definition) is 8. The Morgan fingerprint density at radius 3 is 2.07 bits per heavy atom. The Morgan fingerprint density at radius 1 is 0.791 bits per heavy atom. The van der Waals surface area contributed by atoms with E-state index in [9.17, 15) is 9.59 Å². The van der Waals surface area contributed by atoms with Crippen LogP contribution in [0.25, 0.3) is 6.08 Å². The van der Waals surface area contributed by atoms with E-state index in [-0.39, 0.29) is 28.5 Å². The van der Waals surface area contributed by atoms with Crippen molar-refractivity contribution in [3.05, 3.63) is 89.0 Å². The van der Waals surface area contributed by atoms with Crippen molar-refractivity contribution in [3.63, 3.8) is 0 Å². The highest BCUT2D eigenvalue weighted by atomic mass is 79.9. The van der Waals surface area contributed by atoms with Crippen molar-refractivity contribution in [2.24, 2.45) is 0 Å². The third-order valence-electron chi connectivity index (χ3n) is 7.69. The van der Waals surface area contributed by atoms with Gasteiger partial charge >= 0.3 is 0 Å². The fourth-order valence-electron chi connectivity index (χ4n) is 5.74. The van der Waals surface area contributed by atoms with Gasteiger partial charge in [0, 0.05) is 24.3 Å². The Labute approximate surface area is 262 Å². The molecule has 43 heavy (non-hydrogen) atoms. The maximum atomic E-state index is 14.1. The normalized spacial score (nSPS) is 17.5. The molecule has 1 heterocycles. The molecule has 9 nitrogen and oxygen atoms in total. The number of benzene rings is 3. The number of amidine groups is 1. The van der Waals surface area contributed by atoms with Crippen molar-refractivity contribution in [1.82, 2.24) is 4.90 Å². The van der Waals surface area contributed by atoms with Gasteiger partial charge in [-0.05, 0) is 41.5 Å². The summed E-state index contributed by atoms with van der Waals surface area (Å²) >= 11 is 0. The first-order chi connectivity index (χ1) is 20.4. The van der Waals surface area contributed by atoms with Gasteiger partial charge in [-0.3, -0.25) is 9.59 Å². The molecule has 1 aliphatic carbocycles. The monoisotopic (exact) mass is 650 g/mol. The van der Waals surface area contributed by atoms with Crippen LogP contribution in [0.4, 0.5) is 0 Å². The molecule has 3 aromatic rings. The summed E-state index contributed by atoms with van der Waals surface area (Å²) in [5, 5.41) is 0. The van der Waals surface area contributed by atoms with E-state index in [0.29, 0.717) is 53.8 Å². The predicted molar refractivity (Wildman–Crippen MR) is 158 cm³/mol. The van der Waals surface area contributed by atoms with E-state index < -0.39 is 12.1 Å². The van der Waals surface area contributed by atoms with Crippen molar-refractivity contribution >= 4 is 23.5 Å². The summed E-state index contributed by atoms with van der Waals surface area (Å²) in [6.07, 6.45) is 3.84. The summed E-state index contributed by atoms with van der Waals surface area (Å²) in [6.45, 7) is 1.18. The summed E-state index contributed by atoms with van der Waals surface area (Å²) in [5.41, 5.74) is 2.63. The molecule has 0 saturated heterocycles. The lowest BCUT2D eigenvalue weighted by Crippen LogP contribution is -3.00. The zero-order chi connectivity index (χ0) is 29.8. The molecule has 0 bridgehead atoms. The van der Waals surface area contributed by atoms with Crippen LogP contribution in [0, 0.1) is 0 Å². The van der Waals surface area contributed by atoms with Crippen molar-refractivity contribution < 1.29 is 54.8 Å². The molecule has 10 heteroatoms. The second-order valence-corrected chi connectivity index (χ2v) is 9.98. The summed E-state index contributed by atoms with van der Waals surface area (Å²) in [4.78, 5) is 30.1. The molecular formula is C33H35BrN2O7. The number of Topliss-reactive ketones (excluding diaryl/α,β-unsaturated/α-hetero) is 2. The number of fused-ring (bicyclic) bond motifs is 2. The van der Waals surface area contributed by atoms with E-state index >= 15 is 0 Å². The molecule has 1 aliphatic heterocycles. The number of rotatable bonds is 11. The van der Waals surface area contributed by atoms with Crippen LogP contribution < -0.4 is 35.9 Å². The first-order valence-electron chi connectivity index (χ1n) is 13.6. The largest absolute Gasteiger partial charge is 1.00 e. The van der Waals surface area contributed by atoms with E-state index in [0.717, 1.165) is 17.0 Å². The third-order valence-corrected chi connectivity index (χ3v) is 7.69. The number of ether oxygens (including phenoxy) is 5. The first kappa shape index (κ1) is 31.8. The lowest BCUT2D eigenvalue weighted by molar-refractivity contribution is -0.557. The minimum absolute atomic E-state index is 0. The van der Waals surface area contributed by atoms with Gasteiger partial charge in [0.25, 0.3) is 5.84 Å². The van der Waals surface area contributed by atoms with Gasteiger partial charge in [-0.1, -0.05) is 36.4 Å².